The molecular formula is C17H16BrClN2O5S. The van der Waals surface area contributed by atoms with Crippen molar-refractivity contribution in [2.75, 3.05) is 29.5 Å². The number of anilines is 2. The minimum absolute atomic E-state index is 0.0870. The number of rotatable bonds is 6. The Bertz CT molecular complexity index is 981. The van der Waals surface area contributed by atoms with E-state index in [1.165, 1.54) is 25.3 Å². The number of sulfonamides is 1. The van der Waals surface area contributed by atoms with Gasteiger partial charge in [-0.1, -0.05) is 33.6 Å². The van der Waals surface area contributed by atoms with Crippen LogP contribution in [0.5, 0.6) is 0 Å². The predicted octanol–water partition coefficient (Wildman–Crippen LogP) is 3.29. The molecule has 0 radical (unpaired) electrons. The number of nitrogens with one attached hydrogen (secondary N) is 1. The molecule has 0 unspecified atom stereocenters. The van der Waals surface area contributed by atoms with E-state index in [9.17, 15) is 18.0 Å². The average Bonchev–Trinajstić information content (AvgIpc) is 2.59. The molecule has 7 nitrogen and oxygen atoms in total. The van der Waals surface area contributed by atoms with Gasteiger partial charge in [0.05, 0.1) is 29.6 Å². The van der Waals surface area contributed by atoms with Crippen molar-refractivity contribution in [1.82, 2.24) is 0 Å². The largest absolute Gasteiger partial charge is 0.465 e. The molecular weight excluding hydrogens is 460 g/mol. The number of esters is 1. The zero-order chi connectivity index (χ0) is 20.2. The fourth-order valence-electron chi connectivity index (χ4n) is 2.23. The van der Waals surface area contributed by atoms with Crippen LogP contribution in [0.4, 0.5) is 11.4 Å². The maximum absolute atomic E-state index is 12.4. The Kier molecular flexibility index (Phi) is 6.85. The summed E-state index contributed by atoms with van der Waals surface area (Å²) in [6, 6.07) is 10.9. The molecule has 1 amide bonds. The van der Waals surface area contributed by atoms with Gasteiger partial charge in [-0.3, -0.25) is 9.10 Å². The molecule has 144 valence electrons. The van der Waals surface area contributed by atoms with E-state index in [1.54, 1.807) is 24.3 Å². The van der Waals surface area contributed by atoms with Crippen molar-refractivity contribution >= 4 is 60.8 Å². The van der Waals surface area contributed by atoms with Gasteiger partial charge in [-0.25, -0.2) is 13.2 Å². The van der Waals surface area contributed by atoms with E-state index >= 15 is 0 Å². The van der Waals surface area contributed by atoms with Crippen LogP contribution in [0, 0.1) is 0 Å². The summed E-state index contributed by atoms with van der Waals surface area (Å²) in [5.41, 5.74) is 0.713. The number of nitrogens with zero attached hydrogens (tertiary/aromatic N) is 1. The van der Waals surface area contributed by atoms with E-state index in [4.69, 9.17) is 11.6 Å². The summed E-state index contributed by atoms with van der Waals surface area (Å²) in [7, 11) is -2.48. The maximum atomic E-state index is 12.4. The molecule has 1 N–H and O–H groups in total. The zero-order valence-corrected chi connectivity index (χ0v) is 17.6. The van der Waals surface area contributed by atoms with Gasteiger partial charge in [-0.15, -0.1) is 0 Å². The first-order chi connectivity index (χ1) is 12.6. The first-order valence-electron chi connectivity index (χ1n) is 7.53. The van der Waals surface area contributed by atoms with Gasteiger partial charge < -0.3 is 10.1 Å². The van der Waals surface area contributed by atoms with Gasteiger partial charge in [-0.05, 0) is 36.4 Å². The highest BCUT2D eigenvalue weighted by atomic mass is 79.9. The van der Waals surface area contributed by atoms with Gasteiger partial charge in [0.1, 0.15) is 6.54 Å². The second-order valence-electron chi connectivity index (χ2n) is 5.48. The molecule has 0 spiro atoms. The van der Waals surface area contributed by atoms with E-state index in [-0.39, 0.29) is 16.3 Å². The van der Waals surface area contributed by atoms with Crippen molar-refractivity contribution in [1.29, 1.82) is 0 Å². The lowest BCUT2D eigenvalue weighted by Crippen LogP contribution is -2.37. The van der Waals surface area contributed by atoms with Crippen LogP contribution in [0.15, 0.2) is 46.9 Å². The topological polar surface area (TPSA) is 92.8 Å². The lowest BCUT2D eigenvalue weighted by molar-refractivity contribution is -0.114. The van der Waals surface area contributed by atoms with Gasteiger partial charge in [0.15, 0.2) is 0 Å². The number of hydrogen-bond donors (Lipinski definition) is 1. The van der Waals surface area contributed by atoms with Crippen LogP contribution in [0.2, 0.25) is 5.02 Å². The second-order valence-corrected chi connectivity index (χ2v) is 8.71. The third-order valence-electron chi connectivity index (χ3n) is 3.44. The van der Waals surface area contributed by atoms with Crippen LogP contribution >= 0.6 is 27.5 Å². The fraction of sp³-hybridized carbons (Fsp3) is 0.176. The summed E-state index contributed by atoms with van der Waals surface area (Å²) in [5.74, 6) is -1.23. The van der Waals surface area contributed by atoms with Crippen molar-refractivity contribution < 1.29 is 22.7 Å². The van der Waals surface area contributed by atoms with Crippen molar-refractivity contribution in [3.8, 4) is 0 Å². The average molecular weight is 476 g/mol. The Morgan fingerprint density at radius 2 is 1.93 bits per heavy atom. The molecule has 0 saturated heterocycles. The molecule has 2 rings (SSSR count). The quantitative estimate of drug-likeness (QED) is 0.647. The van der Waals surface area contributed by atoms with E-state index in [1.807, 2.05) is 0 Å². The monoisotopic (exact) mass is 474 g/mol. The summed E-state index contributed by atoms with van der Waals surface area (Å²) < 4.78 is 30.5. The third-order valence-corrected chi connectivity index (χ3v) is 5.40. The smallest absolute Gasteiger partial charge is 0.339 e. The summed E-state index contributed by atoms with van der Waals surface area (Å²) >= 11 is 9.21. The van der Waals surface area contributed by atoms with Crippen LogP contribution < -0.4 is 9.62 Å². The number of halogens is 2. The number of hydrogen-bond acceptors (Lipinski definition) is 5. The Morgan fingerprint density at radius 3 is 2.52 bits per heavy atom. The van der Waals surface area contributed by atoms with Crippen molar-refractivity contribution in [2.45, 2.75) is 0 Å². The fourth-order valence-corrected chi connectivity index (χ4v) is 3.66. The Hall–Kier alpha value is -2.10. The van der Waals surface area contributed by atoms with Crippen molar-refractivity contribution in [2.24, 2.45) is 0 Å². The summed E-state index contributed by atoms with van der Waals surface area (Å²) in [6.45, 7) is -0.439. The molecule has 27 heavy (non-hydrogen) atoms. The van der Waals surface area contributed by atoms with Gasteiger partial charge in [0.25, 0.3) is 0 Å². The van der Waals surface area contributed by atoms with Crippen molar-refractivity contribution in [3.05, 3.63) is 57.5 Å². The molecule has 0 aliphatic rings. The first kappa shape index (κ1) is 21.2. The molecule has 0 aliphatic carbocycles. The van der Waals surface area contributed by atoms with E-state index in [2.05, 4.69) is 26.0 Å². The zero-order valence-electron chi connectivity index (χ0n) is 14.4. The molecule has 0 atom stereocenters. The molecule has 2 aromatic carbocycles. The Labute approximate surface area is 170 Å². The lowest BCUT2D eigenvalue weighted by Gasteiger charge is -2.22. The standard InChI is InChI=1S/C17H16BrClN2O5S/c1-26-17(23)14-9-12(6-7-15(14)19)20-16(22)10-21(27(2,24)25)13-5-3-4-11(18)8-13/h3-9H,10H2,1-2H3,(H,20,22). The number of ether oxygens (including phenoxy) is 1. The molecule has 0 heterocycles. The number of methoxy groups -OCH3 is 1. The van der Waals surface area contributed by atoms with E-state index in [0.29, 0.717) is 10.2 Å². The number of carbonyl (C=O) groups is 2. The molecule has 0 aromatic heterocycles. The lowest BCUT2D eigenvalue weighted by atomic mass is 10.2. The van der Waals surface area contributed by atoms with Crippen LogP contribution in [0.1, 0.15) is 10.4 Å². The second kappa shape index (κ2) is 8.73. The number of amides is 1. The Morgan fingerprint density at radius 1 is 1.22 bits per heavy atom. The highest BCUT2D eigenvalue weighted by molar-refractivity contribution is 9.10. The van der Waals surface area contributed by atoms with E-state index in [0.717, 1.165) is 10.6 Å². The van der Waals surface area contributed by atoms with Crippen LogP contribution in [-0.4, -0.2) is 40.2 Å². The van der Waals surface area contributed by atoms with Gasteiger partial charge in [0, 0.05) is 10.2 Å². The van der Waals surface area contributed by atoms with Crippen LogP contribution in [0.25, 0.3) is 0 Å². The van der Waals surface area contributed by atoms with Crippen molar-refractivity contribution in [3.63, 3.8) is 0 Å². The van der Waals surface area contributed by atoms with Gasteiger partial charge >= 0.3 is 5.97 Å². The highest BCUT2D eigenvalue weighted by Crippen LogP contribution is 2.23. The highest BCUT2D eigenvalue weighted by Gasteiger charge is 2.21. The number of carbonyl (C=O) groups excluding carboxylic acids is 2. The van der Waals surface area contributed by atoms with Crippen LogP contribution in [-0.2, 0) is 19.6 Å². The van der Waals surface area contributed by atoms with Gasteiger partial charge in [0.2, 0.25) is 15.9 Å². The SMILES string of the molecule is COC(=O)c1cc(NC(=O)CN(c2cccc(Br)c2)S(C)(=O)=O)ccc1Cl. The molecule has 0 saturated carbocycles. The minimum Gasteiger partial charge on any atom is -0.465 e. The minimum atomic E-state index is -3.70. The number of benzene rings is 2. The van der Waals surface area contributed by atoms with E-state index < -0.39 is 28.4 Å². The summed E-state index contributed by atoms with van der Waals surface area (Å²) in [5, 5.41) is 2.73. The molecule has 0 aliphatic heterocycles. The van der Waals surface area contributed by atoms with Gasteiger partial charge in [-0.2, -0.15) is 0 Å². The predicted molar refractivity (Wildman–Crippen MR) is 108 cm³/mol. The maximum Gasteiger partial charge on any atom is 0.339 e. The third kappa shape index (κ3) is 5.69. The molecule has 0 bridgehead atoms. The Balaban J connectivity index is 2.23. The summed E-state index contributed by atoms with van der Waals surface area (Å²) in [6.07, 6.45) is 1.01. The molecule has 2 aromatic rings. The molecule has 10 heteroatoms. The first-order valence-corrected chi connectivity index (χ1v) is 10.5. The summed E-state index contributed by atoms with van der Waals surface area (Å²) in [4.78, 5) is 24.1. The normalized spacial score (nSPS) is 11.0. The van der Waals surface area contributed by atoms with Crippen LogP contribution in [0.3, 0.4) is 0 Å². The molecule has 0 fully saturated rings.